The Bertz CT molecular complexity index is 656. The third-order valence-corrected chi connectivity index (χ3v) is 3.70. The first kappa shape index (κ1) is 14.5. The maximum absolute atomic E-state index is 13.3. The van der Waals surface area contributed by atoms with E-state index in [0.717, 1.165) is 11.3 Å². The van der Waals surface area contributed by atoms with Gasteiger partial charge in [-0.2, -0.15) is 0 Å². The van der Waals surface area contributed by atoms with Crippen molar-refractivity contribution in [2.75, 3.05) is 17.7 Å². The summed E-state index contributed by atoms with van der Waals surface area (Å²) >= 11 is 3.19. The topological polar surface area (TPSA) is 46.3 Å². The standard InChI is InChI=1S/C15H14BrFN2O/c1-9-3-5-10(6-4-9)19(2)15(20)11-7-14(18)13(17)8-12(11)16/h3-8H,18H2,1-2H3. The molecule has 0 radical (unpaired) electrons. The van der Waals surface area contributed by atoms with Gasteiger partial charge < -0.3 is 10.6 Å². The number of hydrogen-bond donors (Lipinski definition) is 1. The van der Waals surface area contributed by atoms with Gasteiger partial charge in [0.1, 0.15) is 5.82 Å². The summed E-state index contributed by atoms with van der Waals surface area (Å²) in [7, 11) is 1.67. The van der Waals surface area contributed by atoms with Crippen LogP contribution in [0.3, 0.4) is 0 Å². The molecule has 0 aromatic heterocycles. The summed E-state index contributed by atoms with van der Waals surface area (Å²) in [5, 5.41) is 0. The Morgan fingerprint density at radius 1 is 1.25 bits per heavy atom. The third-order valence-electron chi connectivity index (χ3n) is 3.04. The fourth-order valence-electron chi connectivity index (χ4n) is 1.80. The van der Waals surface area contributed by atoms with E-state index in [-0.39, 0.29) is 11.6 Å². The minimum Gasteiger partial charge on any atom is -0.396 e. The molecule has 20 heavy (non-hydrogen) atoms. The molecular weight excluding hydrogens is 323 g/mol. The number of carbonyl (C=O) groups is 1. The Balaban J connectivity index is 2.36. The number of amides is 1. The Labute approximate surface area is 125 Å². The van der Waals surface area contributed by atoms with Gasteiger partial charge in [-0.05, 0) is 47.1 Å². The normalized spacial score (nSPS) is 10.4. The zero-order valence-corrected chi connectivity index (χ0v) is 12.7. The molecule has 2 rings (SSSR count). The van der Waals surface area contributed by atoms with E-state index < -0.39 is 5.82 Å². The number of nitrogens with zero attached hydrogens (tertiary/aromatic N) is 1. The van der Waals surface area contributed by atoms with E-state index in [4.69, 9.17) is 5.73 Å². The van der Waals surface area contributed by atoms with Crippen molar-refractivity contribution in [3.8, 4) is 0 Å². The van der Waals surface area contributed by atoms with Gasteiger partial charge in [-0.1, -0.05) is 17.7 Å². The molecule has 0 heterocycles. The number of aryl methyl sites for hydroxylation is 1. The van der Waals surface area contributed by atoms with Crippen molar-refractivity contribution < 1.29 is 9.18 Å². The molecule has 0 aliphatic rings. The second-order valence-electron chi connectivity index (χ2n) is 4.55. The number of nitrogens with two attached hydrogens (primary N) is 1. The Hall–Kier alpha value is -1.88. The molecule has 2 aromatic rings. The minimum absolute atomic E-state index is 0.0474. The number of carbonyl (C=O) groups excluding carboxylic acids is 1. The maximum atomic E-state index is 13.3. The fourth-order valence-corrected chi connectivity index (χ4v) is 2.28. The van der Waals surface area contributed by atoms with Gasteiger partial charge >= 0.3 is 0 Å². The van der Waals surface area contributed by atoms with Crippen LogP contribution in [0.2, 0.25) is 0 Å². The van der Waals surface area contributed by atoms with Gasteiger partial charge in [0.25, 0.3) is 5.91 Å². The summed E-state index contributed by atoms with van der Waals surface area (Å²) in [6, 6.07) is 10.1. The second-order valence-corrected chi connectivity index (χ2v) is 5.41. The van der Waals surface area contributed by atoms with Crippen LogP contribution >= 0.6 is 15.9 Å². The second kappa shape index (κ2) is 5.63. The highest BCUT2D eigenvalue weighted by Gasteiger charge is 2.18. The predicted octanol–water partition coefficient (Wildman–Crippen LogP) is 3.76. The van der Waals surface area contributed by atoms with Crippen molar-refractivity contribution >= 4 is 33.2 Å². The Morgan fingerprint density at radius 2 is 1.85 bits per heavy atom. The molecule has 0 atom stereocenters. The van der Waals surface area contributed by atoms with Crippen LogP contribution in [-0.4, -0.2) is 13.0 Å². The lowest BCUT2D eigenvalue weighted by atomic mass is 10.1. The van der Waals surface area contributed by atoms with Crippen LogP contribution in [0.5, 0.6) is 0 Å². The Kier molecular flexibility index (Phi) is 4.09. The largest absolute Gasteiger partial charge is 0.396 e. The van der Waals surface area contributed by atoms with Gasteiger partial charge in [-0.15, -0.1) is 0 Å². The monoisotopic (exact) mass is 336 g/mol. The van der Waals surface area contributed by atoms with Crippen molar-refractivity contribution in [1.82, 2.24) is 0 Å². The van der Waals surface area contributed by atoms with Crippen LogP contribution in [0.1, 0.15) is 15.9 Å². The molecule has 0 unspecified atom stereocenters. The first-order chi connectivity index (χ1) is 9.40. The molecule has 0 bridgehead atoms. The van der Waals surface area contributed by atoms with E-state index in [0.29, 0.717) is 10.0 Å². The quantitative estimate of drug-likeness (QED) is 0.849. The van der Waals surface area contributed by atoms with E-state index in [9.17, 15) is 9.18 Å². The number of anilines is 2. The molecule has 5 heteroatoms. The van der Waals surface area contributed by atoms with Crippen LogP contribution in [0.4, 0.5) is 15.8 Å². The van der Waals surface area contributed by atoms with Gasteiger partial charge in [0.2, 0.25) is 0 Å². The van der Waals surface area contributed by atoms with Crippen molar-refractivity contribution in [2.45, 2.75) is 6.92 Å². The van der Waals surface area contributed by atoms with Crippen molar-refractivity contribution in [1.29, 1.82) is 0 Å². The molecule has 3 nitrogen and oxygen atoms in total. The van der Waals surface area contributed by atoms with Gasteiger partial charge in [-0.25, -0.2) is 4.39 Å². The molecule has 104 valence electrons. The van der Waals surface area contributed by atoms with Gasteiger partial charge in [0, 0.05) is 17.2 Å². The molecule has 0 aliphatic carbocycles. The summed E-state index contributed by atoms with van der Waals surface area (Å²) in [5.41, 5.74) is 7.67. The maximum Gasteiger partial charge on any atom is 0.259 e. The number of halogens is 2. The molecule has 0 aliphatic heterocycles. The van der Waals surface area contributed by atoms with Crippen LogP contribution in [0.25, 0.3) is 0 Å². The lowest BCUT2D eigenvalue weighted by molar-refractivity contribution is 0.0992. The molecule has 1 amide bonds. The lowest BCUT2D eigenvalue weighted by Crippen LogP contribution is -2.26. The highest BCUT2D eigenvalue weighted by molar-refractivity contribution is 9.10. The first-order valence-corrected chi connectivity index (χ1v) is 6.78. The summed E-state index contributed by atoms with van der Waals surface area (Å²) < 4.78 is 13.7. The fraction of sp³-hybridized carbons (Fsp3) is 0.133. The van der Waals surface area contributed by atoms with Gasteiger partial charge in [0.15, 0.2) is 0 Å². The summed E-state index contributed by atoms with van der Waals surface area (Å²) in [4.78, 5) is 13.9. The molecule has 0 spiro atoms. The molecule has 0 saturated carbocycles. The first-order valence-electron chi connectivity index (χ1n) is 5.99. The minimum atomic E-state index is -0.550. The summed E-state index contributed by atoms with van der Waals surface area (Å²) in [6.07, 6.45) is 0. The van der Waals surface area contributed by atoms with Gasteiger partial charge in [0.05, 0.1) is 11.3 Å². The third kappa shape index (κ3) is 2.82. The SMILES string of the molecule is Cc1ccc(N(C)C(=O)c2cc(N)c(F)cc2Br)cc1. The number of nitrogen functional groups attached to an aromatic ring is 1. The van der Waals surface area contributed by atoms with E-state index in [1.807, 2.05) is 31.2 Å². The lowest BCUT2D eigenvalue weighted by Gasteiger charge is -2.18. The highest BCUT2D eigenvalue weighted by atomic mass is 79.9. The van der Waals surface area contributed by atoms with E-state index in [2.05, 4.69) is 15.9 Å². The van der Waals surface area contributed by atoms with Crippen molar-refractivity contribution in [3.63, 3.8) is 0 Å². The molecule has 0 fully saturated rings. The molecule has 2 aromatic carbocycles. The van der Waals surface area contributed by atoms with E-state index >= 15 is 0 Å². The summed E-state index contributed by atoms with van der Waals surface area (Å²) in [5.74, 6) is -0.807. The zero-order chi connectivity index (χ0) is 14.9. The number of hydrogen-bond acceptors (Lipinski definition) is 2. The molecular formula is C15H14BrFN2O. The summed E-state index contributed by atoms with van der Waals surface area (Å²) in [6.45, 7) is 1.98. The average molecular weight is 337 g/mol. The zero-order valence-electron chi connectivity index (χ0n) is 11.2. The molecule has 2 N–H and O–H groups in total. The van der Waals surface area contributed by atoms with Crippen molar-refractivity contribution in [2.24, 2.45) is 0 Å². The number of benzene rings is 2. The van der Waals surface area contributed by atoms with Crippen LogP contribution in [-0.2, 0) is 0 Å². The van der Waals surface area contributed by atoms with Gasteiger partial charge in [-0.3, -0.25) is 4.79 Å². The van der Waals surface area contributed by atoms with Crippen molar-refractivity contribution in [3.05, 3.63) is 57.8 Å². The van der Waals surface area contributed by atoms with E-state index in [1.54, 1.807) is 7.05 Å². The van der Waals surface area contributed by atoms with Crippen LogP contribution in [0, 0.1) is 12.7 Å². The Morgan fingerprint density at radius 3 is 2.45 bits per heavy atom. The predicted molar refractivity (Wildman–Crippen MR) is 82.4 cm³/mol. The molecule has 0 saturated heterocycles. The average Bonchev–Trinajstić information content (AvgIpc) is 2.42. The number of rotatable bonds is 2. The smallest absolute Gasteiger partial charge is 0.259 e. The highest BCUT2D eigenvalue weighted by Crippen LogP contribution is 2.25. The van der Waals surface area contributed by atoms with Crippen LogP contribution < -0.4 is 10.6 Å². The van der Waals surface area contributed by atoms with E-state index in [1.165, 1.54) is 17.0 Å². The van der Waals surface area contributed by atoms with Crippen LogP contribution in [0.15, 0.2) is 40.9 Å².